The summed E-state index contributed by atoms with van der Waals surface area (Å²) in [5.41, 5.74) is 6.05. The zero-order valence-corrected chi connectivity index (χ0v) is 11.2. The zero-order valence-electron chi connectivity index (χ0n) is 11.2. The summed E-state index contributed by atoms with van der Waals surface area (Å²) in [4.78, 5) is 0. The van der Waals surface area contributed by atoms with Gasteiger partial charge in [0.05, 0.1) is 17.6 Å². The maximum Gasteiger partial charge on any atom is 0.0746 e. The lowest BCUT2D eigenvalue weighted by Crippen LogP contribution is -2.00. The van der Waals surface area contributed by atoms with Gasteiger partial charge in [0, 0.05) is 5.56 Å². The van der Waals surface area contributed by atoms with Crippen LogP contribution in [0, 0.1) is 13.8 Å². The first kappa shape index (κ1) is 11.7. The van der Waals surface area contributed by atoms with E-state index in [1.54, 1.807) is 0 Å². The summed E-state index contributed by atoms with van der Waals surface area (Å²) < 4.78 is 2.00. The molecule has 1 heterocycles. The molecular formula is C17H16N2. The van der Waals surface area contributed by atoms with Gasteiger partial charge in [0.1, 0.15) is 0 Å². The van der Waals surface area contributed by atoms with Crippen molar-refractivity contribution in [3.05, 3.63) is 71.9 Å². The summed E-state index contributed by atoms with van der Waals surface area (Å²) in [5.74, 6) is 0. The van der Waals surface area contributed by atoms with Gasteiger partial charge in [0.2, 0.25) is 0 Å². The van der Waals surface area contributed by atoms with Crippen LogP contribution in [0.25, 0.3) is 16.9 Å². The Morgan fingerprint density at radius 3 is 2.16 bits per heavy atom. The van der Waals surface area contributed by atoms with Crippen molar-refractivity contribution < 1.29 is 0 Å². The number of hydrogen-bond acceptors (Lipinski definition) is 1. The fourth-order valence-corrected chi connectivity index (χ4v) is 2.49. The first-order valence-corrected chi connectivity index (χ1v) is 6.43. The molecule has 3 aromatic rings. The molecule has 94 valence electrons. The zero-order chi connectivity index (χ0) is 13.2. The highest BCUT2D eigenvalue weighted by molar-refractivity contribution is 5.69. The lowest BCUT2D eigenvalue weighted by Gasteiger charge is -2.12. The van der Waals surface area contributed by atoms with Crippen LogP contribution in [0.1, 0.15) is 11.1 Å². The number of benzene rings is 2. The van der Waals surface area contributed by atoms with Gasteiger partial charge in [-0.1, -0.05) is 36.4 Å². The molecule has 1 aromatic heterocycles. The molecule has 0 atom stereocenters. The Morgan fingerprint density at radius 1 is 0.789 bits per heavy atom. The van der Waals surface area contributed by atoms with Crippen LogP contribution in [0.4, 0.5) is 0 Å². The molecule has 2 aromatic carbocycles. The predicted molar refractivity (Wildman–Crippen MR) is 78.5 cm³/mol. The summed E-state index contributed by atoms with van der Waals surface area (Å²) in [6.07, 6.45) is 1.86. The first-order valence-electron chi connectivity index (χ1n) is 6.43. The Kier molecular flexibility index (Phi) is 2.92. The molecule has 0 saturated carbocycles. The number of hydrogen-bond donors (Lipinski definition) is 0. The summed E-state index contributed by atoms with van der Waals surface area (Å²) in [5, 5.41) is 4.46. The van der Waals surface area contributed by atoms with E-state index in [-0.39, 0.29) is 0 Å². The Hall–Kier alpha value is -2.35. The molecule has 3 rings (SSSR count). The fraction of sp³-hybridized carbons (Fsp3) is 0.118. The Morgan fingerprint density at radius 2 is 1.47 bits per heavy atom. The molecule has 0 N–H and O–H groups in total. The normalized spacial score (nSPS) is 10.6. The minimum atomic E-state index is 1.09. The van der Waals surface area contributed by atoms with E-state index >= 15 is 0 Å². The number of aromatic nitrogens is 2. The summed E-state index contributed by atoms with van der Waals surface area (Å²) in [6.45, 7) is 4.29. The average molecular weight is 248 g/mol. The number of aryl methyl sites for hydroxylation is 2. The molecule has 0 spiro atoms. The van der Waals surface area contributed by atoms with Crippen LogP contribution in [0.3, 0.4) is 0 Å². The smallest absolute Gasteiger partial charge is 0.0746 e. The monoisotopic (exact) mass is 248 g/mol. The van der Waals surface area contributed by atoms with Gasteiger partial charge < -0.3 is 0 Å². The quantitative estimate of drug-likeness (QED) is 0.666. The molecule has 0 radical (unpaired) electrons. The maximum absolute atomic E-state index is 4.46. The van der Waals surface area contributed by atoms with Crippen molar-refractivity contribution in [2.24, 2.45) is 0 Å². The number of rotatable bonds is 2. The van der Waals surface area contributed by atoms with Crippen molar-refractivity contribution in [2.75, 3.05) is 0 Å². The van der Waals surface area contributed by atoms with E-state index in [4.69, 9.17) is 0 Å². The van der Waals surface area contributed by atoms with E-state index in [1.165, 1.54) is 16.7 Å². The minimum absolute atomic E-state index is 1.09. The standard InChI is InChI=1S/C17H16N2/c1-13-7-6-8-14(2)17(13)16-11-12-18-19(16)15-9-4-3-5-10-15/h3-12H,1-2H3. The van der Waals surface area contributed by atoms with E-state index < -0.39 is 0 Å². The molecule has 0 bridgehead atoms. The van der Waals surface area contributed by atoms with Gasteiger partial charge in [-0.2, -0.15) is 5.10 Å². The van der Waals surface area contributed by atoms with Crippen LogP contribution >= 0.6 is 0 Å². The van der Waals surface area contributed by atoms with E-state index in [2.05, 4.69) is 55.3 Å². The topological polar surface area (TPSA) is 17.8 Å². The summed E-state index contributed by atoms with van der Waals surface area (Å²) in [7, 11) is 0. The molecule has 2 nitrogen and oxygen atoms in total. The van der Waals surface area contributed by atoms with Gasteiger partial charge in [-0.3, -0.25) is 0 Å². The van der Waals surface area contributed by atoms with Crippen molar-refractivity contribution in [3.63, 3.8) is 0 Å². The minimum Gasteiger partial charge on any atom is -0.233 e. The molecule has 19 heavy (non-hydrogen) atoms. The van der Waals surface area contributed by atoms with Crippen molar-refractivity contribution in [2.45, 2.75) is 13.8 Å². The van der Waals surface area contributed by atoms with Crippen molar-refractivity contribution >= 4 is 0 Å². The van der Waals surface area contributed by atoms with Crippen molar-refractivity contribution in [3.8, 4) is 16.9 Å². The van der Waals surface area contributed by atoms with Crippen molar-refractivity contribution in [1.29, 1.82) is 0 Å². The van der Waals surface area contributed by atoms with Crippen LogP contribution < -0.4 is 0 Å². The second-order valence-corrected chi connectivity index (χ2v) is 4.73. The molecule has 0 amide bonds. The summed E-state index contributed by atoms with van der Waals surface area (Å²) >= 11 is 0. The first-order chi connectivity index (χ1) is 9.27. The summed E-state index contributed by atoms with van der Waals surface area (Å²) in [6, 6.07) is 18.7. The van der Waals surface area contributed by atoms with Crippen LogP contribution in [-0.4, -0.2) is 9.78 Å². The van der Waals surface area contributed by atoms with Gasteiger partial charge in [-0.15, -0.1) is 0 Å². The van der Waals surface area contributed by atoms with Gasteiger partial charge in [0.15, 0.2) is 0 Å². The molecule has 0 fully saturated rings. The molecular weight excluding hydrogens is 232 g/mol. The molecule has 0 saturated heterocycles. The molecule has 2 heteroatoms. The molecule has 0 aliphatic heterocycles. The third-order valence-corrected chi connectivity index (χ3v) is 3.38. The molecule has 0 aliphatic rings. The predicted octanol–water partition coefficient (Wildman–Crippen LogP) is 4.16. The highest BCUT2D eigenvalue weighted by Crippen LogP contribution is 2.28. The highest BCUT2D eigenvalue weighted by atomic mass is 15.3. The third-order valence-electron chi connectivity index (χ3n) is 3.38. The Bertz CT molecular complexity index is 676. The molecule has 0 aliphatic carbocycles. The largest absolute Gasteiger partial charge is 0.233 e. The Balaban J connectivity index is 2.21. The van der Waals surface area contributed by atoms with Crippen LogP contribution in [-0.2, 0) is 0 Å². The highest BCUT2D eigenvalue weighted by Gasteiger charge is 2.11. The van der Waals surface area contributed by atoms with E-state index in [1.807, 2.05) is 29.1 Å². The van der Waals surface area contributed by atoms with Crippen LogP contribution in [0.2, 0.25) is 0 Å². The van der Waals surface area contributed by atoms with Gasteiger partial charge in [-0.05, 0) is 43.2 Å². The fourth-order valence-electron chi connectivity index (χ4n) is 2.49. The van der Waals surface area contributed by atoms with Gasteiger partial charge >= 0.3 is 0 Å². The second kappa shape index (κ2) is 4.73. The lowest BCUT2D eigenvalue weighted by atomic mass is 10.00. The van der Waals surface area contributed by atoms with Gasteiger partial charge in [0.25, 0.3) is 0 Å². The second-order valence-electron chi connectivity index (χ2n) is 4.73. The van der Waals surface area contributed by atoms with E-state index in [9.17, 15) is 0 Å². The van der Waals surface area contributed by atoms with Gasteiger partial charge in [-0.25, -0.2) is 4.68 Å². The lowest BCUT2D eigenvalue weighted by molar-refractivity contribution is 0.886. The number of para-hydroxylation sites is 1. The molecule has 0 unspecified atom stereocenters. The SMILES string of the molecule is Cc1cccc(C)c1-c1ccnn1-c1ccccc1. The average Bonchev–Trinajstić information content (AvgIpc) is 2.89. The van der Waals surface area contributed by atoms with Crippen LogP contribution in [0.5, 0.6) is 0 Å². The maximum atomic E-state index is 4.46. The third kappa shape index (κ3) is 2.06. The van der Waals surface area contributed by atoms with E-state index in [0.29, 0.717) is 0 Å². The van der Waals surface area contributed by atoms with Crippen LogP contribution in [0.15, 0.2) is 60.8 Å². The van der Waals surface area contributed by atoms with Crippen molar-refractivity contribution in [1.82, 2.24) is 9.78 Å². The Labute approximate surface area is 113 Å². The van der Waals surface area contributed by atoms with E-state index in [0.717, 1.165) is 11.4 Å². The number of nitrogens with zero attached hydrogens (tertiary/aromatic N) is 2.